The SMILES string of the molecule is C[Si](C)(C)c1c[c-]c(-c2ccccn2)c2oc3ncccc3c12.Cc1ccc(-c2[c-]cccc2)nc1.[Ir]. The molecule has 0 fully saturated rings. The van der Waals surface area contributed by atoms with Crippen LogP contribution in [0.4, 0.5) is 0 Å². The van der Waals surface area contributed by atoms with Gasteiger partial charge in [-0.15, -0.1) is 53.2 Å². The topological polar surface area (TPSA) is 51.8 Å². The van der Waals surface area contributed by atoms with E-state index >= 15 is 0 Å². The summed E-state index contributed by atoms with van der Waals surface area (Å²) in [5, 5.41) is 3.59. The van der Waals surface area contributed by atoms with Gasteiger partial charge < -0.3 is 14.4 Å². The minimum Gasteiger partial charge on any atom is -0.486 e. The van der Waals surface area contributed by atoms with Crippen molar-refractivity contribution in [3.63, 3.8) is 0 Å². The monoisotopic (exact) mass is 678 g/mol. The second-order valence-electron chi connectivity index (χ2n) is 9.70. The zero-order valence-electron chi connectivity index (χ0n) is 21.2. The molecule has 6 heteroatoms. The first kappa shape index (κ1) is 26.6. The van der Waals surface area contributed by atoms with Crippen LogP contribution >= 0.6 is 0 Å². The van der Waals surface area contributed by atoms with Gasteiger partial charge in [0.25, 0.3) is 0 Å². The number of aryl methyl sites for hydroxylation is 1. The van der Waals surface area contributed by atoms with Gasteiger partial charge in [-0.05, 0) is 42.1 Å². The Morgan fingerprint density at radius 2 is 1.59 bits per heavy atom. The van der Waals surface area contributed by atoms with Crippen LogP contribution in [0, 0.1) is 19.1 Å². The van der Waals surface area contributed by atoms with Crippen molar-refractivity contribution < 1.29 is 24.5 Å². The molecule has 0 bridgehead atoms. The summed E-state index contributed by atoms with van der Waals surface area (Å²) in [6, 6.07) is 30.5. The number of nitrogens with zero attached hydrogens (tertiary/aromatic N) is 3. The van der Waals surface area contributed by atoms with E-state index in [9.17, 15) is 0 Å². The fourth-order valence-corrected chi connectivity index (χ4v) is 5.63. The zero-order chi connectivity index (χ0) is 25.1. The average molecular weight is 678 g/mol. The maximum Gasteiger partial charge on any atom is 0.216 e. The second-order valence-corrected chi connectivity index (χ2v) is 14.7. The van der Waals surface area contributed by atoms with E-state index in [2.05, 4.69) is 64.9 Å². The van der Waals surface area contributed by atoms with Gasteiger partial charge in [0.15, 0.2) is 0 Å². The van der Waals surface area contributed by atoms with E-state index in [1.807, 2.05) is 67.7 Å². The second kappa shape index (κ2) is 11.3. The molecule has 6 aromatic rings. The Kier molecular flexibility index (Phi) is 8.13. The molecule has 0 amide bonds. The Labute approximate surface area is 232 Å². The molecule has 0 saturated carbocycles. The van der Waals surface area contributed by atoms with Crippen molar-refractivity contribution >= 4 is 35.3 Å². The van der Waals surface area contributed by atoms with Crippen LogP contribution < -0.4 is 5.19 Å². The van der Waals surface area contributed by atoms with Crippen LogP contribution in [-0.2, 0) is 20.1 Å². The van der Waals surface area contributed by atoms with Crippen LogP contribution in [0.15, 0.2) is 95.8 Å². The quantitative estimate of drug-likeness (QED) is 0.146. The summed E-state index contributed by atoms with van der Waals surface area (Å²) in [5.41, 5.74) is 6.50. The first-order valence-electron chi connectivity index (χ1n) is 12.0. The minimum atomic E-state index is -1.54. The summed E-state index contributed by atoms with van der Waals surface area (Å²) in [6.45, 7) is 9.05. The summed E-state index contributed by atoms with van der Waals surface area (Å²) in [6.07, 6.45) is 5.43. The Morgan fingerprint density at radius 3 is 2.27 bits per heavy atom. The molecule has 0 atom stereocenters. The van der Waals surface area contributed by atoms with E-state index in [4.69, 9.17) is 4.42 Å². The number of furan rings is 1. The van der Waals surface area contributed by atoms with Crippen LogP contribution in [0.5, 0.6) is 0 Å². The average Bonchev–Trinajstić information content (AvgIpc) is 3.29. The fraction of sp³-hybridized carbons (Fsp3) is 0.129. The zero-order valence-corrected chi connectivity index (χ0v) is 24.6. The van der Waals surface area contributed by atoms with Crippen LogP contribution in [0.1, 0.15) is 5.56 Å². The standard InChI is InChI=1S/C19H17N2OSi.C12H10N.Ir/c1-23(2,3)16-10-9-13(15-8-4-5-11-20-15)18-17(16)14-7-6-12-21-19(14)22-18;1-10-7-8-12(13-9-10)11-5-3-2-4-6-11;/h4-8,10-12H,1-3H3;2-5,7-9H,1H3;/q2*-1;. The van der Waals surface area contributed by atoms with E-state index < -0.39 is 8.07 Å². The predicted molar refractivity (Wildman–Crippen MR) is 150 cm³/mol. The van der Waals surface area contributed by atoms with Gasteiger partial charge in [-0.2, -0.15) is 0 Å². The molecule has 1 radical (unpaired) electrons. The smallest absolute Gasteiger partial charge is 0.216 e. The maximum atomic E-state index is 6.11. The van der Waals surface area contributed by atoms with Crippen molar-refractivity contribution in [2.45, 2.75) is 26.6 Å². The molecule has 0 aliphatic rings. The molecule has 37 heavy (non-hydrogen) atoms. The van der Waals surface area contributed by atoms with Gasteiger partial charge in [0.1, 0.15) is 0 Å². The van der Waals surface area contributed by atoms with Crippen molar-refractivity contribution in [3.8, 4) is 22.5 Å². The molecule has 0 aliphatic carbocycles. The summed E-state index contributed by atoms with van der Waals surface area (Å²) in [5.74, 6) is 0. The van der Waals surface area contributed by atoms with E-state index in [0.29, 0.717) is 5.71 Å². The molecular formula is C31H27IrN3OSi-2. The van der Waals surface area contributed by atoms with Crippen molar-refractivity contribution in [2.24, 2.45) is 0 Å². The van der Waals surface area contributed by atoms with Crippen molar-refractivity contribution in [2.75, 3.05) is 0 Å². The summed E-state index contributed by atoms with van der Waals surface area (Å²) in [4.78, 5) is 13.2. The number of hydrogen-bond acceptors (Lipinski definition) is 4. The van der Waals surface area contributed by atoms with Gasteiger partial charge >= 0.3 is 0 Å². The summed E-state index contributed by atoms with van der Waals surface area (Å²) in [7, 11) is -1.54. The van der Waals surface area contributed by atoms with Gasteiger partial charge in [0.05, 0.1) is 5.58 Å². The summed E-state index contributed by atoms with van der Waals surface area (Å²) >= 11 is 0. The predicted octanol–water partition coefficient (Wildman–Crippen LogP) is 7.24. The van der Waals surface area contributed by atoms with E-state index in [-0.39, 0.29) is 20.1 Å². The molecule has 4 heterocycles. The third-order valence-electron chi connectivity index (χ3n) is 5.95. The molecule has 0 N–H and O–H groups in total. The third kappa shape index (κ3) is 5.77. The van der Waals surface area contributed by atoms with E-state index in [0.717, 1.165) is 33.5 Å². The Balaban J connectivity index is 0.000000195. The molecule has 0 unspecified atom stereocenters. The van der Waals surface area contributed by atoms with Crippen molar-refractivity contribution in [3.05, 3.63) is 109 Å². The van der Waals surface area contributed by atoms with Crippen LogP contribution in [0.25, 0.3) is 44.6 Å². The number of rotatable bonds is 3. The van der Waals surface area contributed by atoms with Gasteiger partial charge in [-0.25, -0.2) is 4.98 Å². The Morgan fingerprint density at radius 1 is 0.784 bits per heavy atom. The van der Waals surface area contributed by atoms with Crippen LogP contribution in [0.2, 0.25) is 19.6 Å². The normalized spacial score (nSPS) is 11.0. The van der Waals surface area contributed by atoms with Gasteiger partial charge in [0.2, 0.25) is 5.71 Å². The third-order valence-corrected chi connectivity index (χ3v) is 7.96. The fourth-order valence-electron chi connectivity index (χ4n) is 4.13. The molecule has 4 nitrogen and oxygen atoms in total. The number of fused-ring (bicyclic) bond motifs is 3. The first-order valence-corrected chi connectivity index (χ1v) is 15.5. The number of aromatic nitrogens is 3. The van der Waals surface area contributed by atoms with Crippen LogP contribution in [0.3, 0.4) is 0 Å². The number of hydrogen-bond donors (Lipinski definition) is 0. The molecule has 4 aromatic heterocycles. The van der Waals surface area contributed by atoms with E-state index in [1.165, 1.54) is 16.1 Å². The minimum absolute atomic E-state index is 0. The van der Waals surface area contributed by atoms with Crippen molar-refractivity contribution in [1.29, 1.82) is 0 Å². The maximum absolute atomic E-state index is 6.11. The van der Waals surface area contributed by atoms with Crippen LogP contribution in [-0.4, -0.2) is 23.0 Å². The molecule has 6 rings (SSSR count). The molecule has 187 valence electrons. The number of pyridine rings is 3. The van der Waals surface area contributed by atoms with Gasteiger partial charge in [0, 0.05) is 52.2 Å². The molecule has 2 aromatic carbocycles. The van der Waals surface area contributed by atoms with Gasteiger partial charge in [-0.3, -0.25) is 0 Å². The van der Waals surface area contributed by atoms with Gasteiger partial charge in [-0.1, -0.05) is 54.9 Å². The molecule has 0 aliphatic heterocycles. The number of benzene rings is 2. The largest absolute Gasteiger partial charge is 0.486 e. The molecular weight excluding hydrogens is 651 g/mol. The van der Waals surface area contributed by atoms with Crippen molar-refractivity contribution in [1.82, 2.24) is 15.0 Å². The Bertz CT molecular complexity index is 1610. The molecule has 0 saturated heterocycles. The van der Waals surface area contributed by atoms with E-state index in [1.54, 1.807) is 12.4 Å². The first-order chi connectivity index (χ1) is 17.4. The molecule has 0 spiro atoms. The summed E-state index contributed by atoms with van der Waals surface area (Å²) < 4.78 is 6.11. The Hall–Kier alpha value is -3.44.